The van der Waals surface area contributed by atoms with Crippen LogP contribution in [0.5, 0.6) is 0 Å². The SMILES string of the molecule is NC(=S)c1ccc(NC(=O)CC2CC3CCC2C3)c(Br)c1. The Morgan fingerprint density at radius 1 is 1.38 bits per heavy atom. The Kier molecular flexibility index (Phi) is 4.31. The standard InChI is InChI=1S/C16H19BrN2OS/c17-13-7-11(16(18)21)3-4-14(13)19-15(20)8-12-6-9-1-2-10(12)5-9/h3-4,7,9-10,12H,1-2,5-6,8H2,(H2,18,21)(H,19,20). The quantitative estimate of drug-likeness (QED) is 0.795. The molecule has 112 valence electrons. The second-order valence-electron chi connectivity index (χ2n) is 6.25. The molecule has 3 atom stereocenters. The lowest BCUT2D eigenvalue weighted by atomic mass is 9.86. The molecule has 2 aliphatic carbocycles. The number of nitrogens with two attached hydrogens (primary N) is 1. The molecule has 0 aromatic heterocycles. The van der Waals surface area contributed by atoms with Gasteiger partial charge in [0.2, 0.25) is 5.91 Å². The van der Waals surface area contributed by atoms with Crippen LogP contribution in [0.1, 0.15) is 37.7 Å². The highest BCUT2D eigenvalue weighted by molar-refractivity contribution is 9.10. The summed E-state index contributed by atoms with van der Waals surface area (Å²) in [5.41, 5.74) is 7.18. The first-order valence-corrected chi connectivity index (χ1v) is 8.62. The van der Waals surface area contributed by atoms with Crippen molar-refractivity contribution in [3.05, 3.63) is 28.2 Å². The molecule has 2 bridgehead atoms. The van der Waals surface area contributed by atoms with Crippen molar-refractivity contribution in [2.75, 3.05) is 5.32 Å². The summed E-state index contributed by atoms with van der Waals surface area (Å²) in [5, 5.41) is 2.99. The second kappa shape index (κ2) is 6.05. The molecule has 3 unspecified atom stereocenters. The summed E-state index contributed by atoms with van der Waals surface area (Å²) in [6.07, 6.45) is 5.90. The van der Waals surface area contributed by atoms with Gasteiger partial charge < -0.3 is 11.1 Å². The molecule has 0 saturated heterocycles. The molecule has 2 saturated carbocycles. The van der Waals surface area contributed by atoms with Crippen LogP contribution in [-0.2, 0) is 4.79 Å². The smallest absolute Gasteiger partial charge is 0.224 e. The maximum atomic E-state index is 12.2. The van der Waals surface area contributed by atoms with Gasteiger partial charge in [0.1, 0.15) is 4.99 Å². The monoisotopic (exact) mass is 366 g/mol. The van der Waals surface area contributed by atoms with Crippen LogP contribution in [-0.4, -0.2) is 10.9 Å². The lowest BCUT2D eigenvalue weighted by Gasteiger charge is -2.21. The molecule has 1 amide bonds. The summed E-state index contributed by atoms with van der Waals surface area (Å²) in [7, 11) is 0. The zero-order valence-electron chi connectivity index (χ0n) is 11.8. The molecule has 1 aromatic carbocycles. The maximum Gasteiger partial charge on any atom is 0.224 e. The minimum atomic E-state index is 0.108. The lowest BCUT2D eigenvalue weighted by Crippen LogP contribution is -2.20. The van der Waals surface area contributed by atoms with Gasteiger partial charge in [0.25, 0.3) is 0 Å². The zero-order chi connectivity index (χ0) is 15.0. The number of carbonyl (C=O) groups is 1. The number of amides is 1. The molecule has 0 spiro atoms. The molecule has 0 heterocycles. The van der Waals surface area contributed by atoms with E-state index >= 15 is 0 Å². The summed E-state index contributed by atoms with van der Waals surface area (Å²) in [6.45, 7) is 0. The highest BCUT2D eigenvalue weighted by atomic mass is 79.9. The number of benzene rings is 1. The third-order valence-corrected chi connectivity index (χ3v) is 5.75. The van der Waals surface area contributed by atoms with Crippen LogP contribution >= 0.6 is 28.1 Å². The van der Waals surface area contributed by atoms with Crippen LogP contribution in [0, 0.1) is 17.8 Å². The van der Waals surface area contributed by atoms with Gasteiger partial charge in [0.15, 0.2) is 0 Å². The molecule has 1 aromatic rings. The Morgan fingerprint density at radius 2 is 2.19 bits per heavy atom. The van der Waals surface area contributed by atoms with Gasteiger partial charge in [0, 0.05) is 16.5 Å². The van der Waals surface area contributed by atoms with Crippen molar-refractivity contribution in [3.8, 4) is 0 Å². The average molecular weight is 367 g/mol. The van der Waals surface area contributed by atoms with E-state index in [-0.39, 0.29) is 5.91 Å². The number of rotatable bonds is 4. The number of nitrogens with one attached hydrogen (secondary N) is 1. The summed E-state index contributed by atoms with van der Waals surface area (Å²) < 4.78 is 0.814. The Labute approximate surface area is 138 Å². The van der Waals surface area contributed by atoms with Crippen molar-refractivity contribution < 1.29 is 4.79 Å². The van der Waals surface area contributed by atoms with E-state index in [1.165, 1.54) is 25.7 Å². The van der Waals surface area contributed by atoms with Crippen LogP contribution in [0.25, 0.3) is 0 Å². The lowest BCUT2D eigenvalue weighted by molar-refractivity contribution is -0.117. The molecule has 0 radical (unpaired) electrons. The van der Waals surface area contributed by atoms with Crippen molar-refractivity contribution in [1.82, 2.24) is 0 Å². The summed E-state index contributed by atoms with van der Waals surface area (Å²) in [6, 6.07) is 5.52. The topological polar surface area (TPSA) is 55.1 Å². The molecule has 5 heteroatoms. The molecule has 2 fully saturated rings. The van der Waals surface area contributed by atoms with Gasteiger partial charge in [0.05, 0.1) is 5.69 Å². The fourth-order valence-corrected chi connectivity index (χ4v) is 4.44. The minimum absolute atomic E-state index is 0.108. The minimum Gasteiger partial charge on any atom is -0.389 e. The highest BCUT2D eigenvalue weighted by Gasteiger charge is 2.40. The molecule has 3 nitrogen and oxygen atoms in total. The van der Waals surface area contributed by atoms with Crippen molar-refractivity contribution in [2.24, 2.45) is 23.5 Å². The number of thiocarbonyl (C=S) groups is 1. The van der Waals surface area contributed by atoms with Gasteiger partial charge in [-0.25, -0.2) is 0 Å². The van der Waals surface area contributed by atoms with E-state index in [2.05, 4.69) is 21.2 Å². The van der Waals surface area contributed by atoms with E-state index in [1.54, 1.807) is 0 Å². The Bertz CT molecular complexity index is 590. The zero-order valence-corrected chi connectivity index (χ0v) is 14.2. The molecule has 0 aliphatic heterocycles. The fraction of sp³-hybridized carbons (Fsp3) is 0.500. The summed E-state index contributed by atoms with van der Waals surface area (Å²) >= 11 is 8.41. The second-order valence-corrected chi connectivity index (χ2v) is 7.54. The van der Waals surface area contributed by atoms with E-state index in [4.69, 9.17) is 18.0 Å². The predicted molar refractivity (Wildman–Crippen MR) is 92.2 cm³/mol. The first-order valence-electron chi connectivity index (χ1n) is 7.42. The van der Waals surface area contributed by atoms with Crippen LogP contribution in [0.4, 0.5) is 5.69 Å². The van der Waals surface area contributed by atoms with E-state index in [1.807, 2.05) is 18.2 Å². The molecule has 3 N–H and O–H groups in total. The van der Waals surface area contributed by atoms with Crippen molar-refractivity contribution >= 4 is 44.7 Å². The van der Waals surface area contributed by atoms with E-state index < -0.39 is 0 Å². The summed E-state index contributed by atoms with van der Waals surface area (Å²) in [5.74, 6) is 2.35. The highest BCUT2D eigenvalue weighted by Crippen LogP contribution is 2.49. The number of anilines is 1. The van der Waals surface area contributed by atoms with Gasteiger partial charge >= 0.3 is 0 Å². The van der Waals surface area contributed by atoms with Crippen molar-refractivity contribution in [3.63, 3.8) is 0 Å². The largest absolute Gasteiger partial charge is 0.389 e. The number of fused-ring (bicyclic) bond motifs is 2. The van der Waals surface area contributed by atoms with Crippen LogP contribution in [0.2, 0.25) is 0 Å². The molecule has 3 rings (SSSR count). The van der Waals surface area contributed by atoms with Gasteiger partial charge in [-0.3, -0.25) is 4.79 Å². The Balaban J connectivity index is 1.61. The van der Waals surface area contributed by atoms with Crippen molar-refractivity contribution in [1.29, 1.82) is 0 Å². The molecule has 21 heavy (non-hydrogen) atoms. The molecular formula is C16H19BrN2OS. The number of hydrogen-bond acceptors (Lipinski definition) is 2. The number of halogens is 1. The van der Waals surface area contributed by atoms with Gasteiger partial charge in [-0.05, 0) is 71.1 Å². The van der Waals surface area contributed by atoms with Crippen LogP contribution < -0.4 is 11.1 Å². The summed E-state index contributed by atoms with van der Waals surface area (Å²) in [4.78, 5) is 12.6. The predicted octanol–water partition coefficient (Wildman–Crippen LogP) is 3.85. The Hall–Kier alpha value is -0.940. The van der Waals surface area contributed by atoms with Crippen LogP contribution in [0.3, 0.4) is 0 Å². The first kappa shape index (κ1) is 15.0. The van der Waals surface area contributed by atoms with E-state index in [0.29, 0.717) is 17.3 Å². The van der Waals surface area contributed by atoms with Crippen molar-refractivity contribution in [2.45, 2.75) is 32.1 Å². The molecular weight excluding hydrogens is 348 g/mol. The maximum absolute atomic E-state index is 12.2. The van der Waals surface area contributed by atoms with E-state index in [9.17, 15) is 4.79 Å². The third kappa shape index (κ3) is 3.29. The van der Waals surface area contributed by atoms with Gasteiger partial charge in [-0.1, -0.05) is 18.6 Å². The average Bonchev–Trinajstić information content (AvgIpc) is 3.03. The van der Waals surface area contributed by atoms with Gasteiger partial charge in [-0.15, -0.1) is 0 Å². The number of carbonyl (C=O) groups excluding carboxylic acids is 1. The number of hydrogen-bond donors (Lipinski definition) is 2. The van der Waals surface area contributed by atoms with Crippen LogP contribution in [0.15, 0.2) is 22.7 Å². The molecule has 2 aliphatic rings. The fourth-order valence-electron chi connectivity index (χ4n) is 3.84. The van der Waals surface area contributed by atoms with Gasteiger partial charge in [-0.2, -0.15) is 0 Å². The Morgan fingerprint density at radius 3 is 2.76 bits per heavy atom. The first-order chi connectivity index (χ1) is 10.0. The third-order valence-electron chi connectivity index (χ3n) is 4.86. The van der Waals surface area contributed by atoms with E-state index in [0.717, 1.165) is 27.6 Å². The normalized spacial score (nSPS) is 26.8.